The smallest absolute Gasteiger partial charge is 0.377 e. The van der Waals surface area contributed by atoms with Gasteiger partial charge in [0.1, 0.15) is 11.9 Å². The average Bonchev–Trinajstić information content (AvgIpc) is 2.35. The van der Waals surface area contributed by atoms with Crippen molar-refractivity contribution in [1.29, 1.82) is 0 Å². The molecule has 0 spiro atoms. The van der Waals surface area contributed by atoms with Gasteiger partial charge in [-0.2, -0.15) is 0 Å². The van der Waals surface area contributed by atoms with Gasteiger partial charge in [-0.05, 0) is 35.1 Å². The van der Waals surface area contributed by atoms with Crippen LogP contribution in [0.3, 0.4) is 0 Å². The molecule has 0 unspecified atom stereocenters. The first-order valence-corrected chi connectivity index (χ1v) is 5.74. The summed E-state index contributed by atoms with van der Waals surface area (Å²) >= 11 is 0. The van der Waals surface area contributed by atoms with Gasteiger partial charge in [-0.15, -0.1) is 0 Å². The SMILES string of the molecule is CCN(CC)CCNc1cccnc1[N+](=O)[O-]. The van der Waals surface area contributed by atoms with Crippen molar-refractivity contribution in [2.75, 3.05) is 31.5 Å². The molecule has 0 saturated heterocycles. The van der Waals surface area contributed by atoms with E-state index in [1.165, 1.54) is 6.20 Å². The monoisotopic (exact) mass is 238 g/mol. The zero-order valence-electron chi connectivity index (χ0n) is 10.2. The molecule has 94 valence electrons. The fourth-order valence-electron chi connectivity index (χ4n) is 1.57. The summed E-state index contributed by atoms with van der Waals surface area (Å²) in [6, 6.07) is 3.36. The van der Waals surface area contributed by atoms with Crippen molar-refractivity contribution in [3.8, 4) is 0 Å². The van der Waals surface area contributed by atoms with Crippen molar-refractivity contribution >= 4 is 11.5 Å². The van der Waals surface area contributed by atoms with Gasteiger partial charge < -0.3 is 20.3 Å². The fraction of sp³-hybridized carbons (Fsp3) is 0.545. The molecule has 17 heavy (non-hydrogen) atoms. The number of rotatable bonds is 7. The maximum Gasteiger partial charge on any atom is 0.386 e. The molecular weight excluding hydrogens is 220 g/mol. The predicted octanol–water partition coefficient (Wildman–Crippen LogP) is 1.74. The first-order valence-electron chi connectivity index (χ1n) is 5.74. The number of pyridine rings is 1. The second-order valence-corrected chi connectivity index (χ2v) is 3.59. The molecule has 0 atom stereocenters. The Morgan fingerprint density at radius 3 is 2.76 bits per heavy atom. The molecule has 0 bridgehead atoms. The molecule has 0 saturated carbocycles. The van der Waals surface area contributed by atoms with Crippen LogP contribution in [0.25, 0.3) is 0 Å². The highest BCUT2D eigenvalue weighted by Crippen LogP contribution is 2.19. The zero-order chi connectivity index (χ0) is 12.7. The molecule has 0 aromatic carbocycles. The van der Waals surface area contributed by atoms with Crippen molar-refractivity contribution in [2.24, 2.45) is 0 Å². The van der Waals surface area contributed by atoms with Gasteiger partial charge in [-0.3, -0.25) is 0 Å². The molecule has 0 aliphatic carbocycles. The Labute approximate surface area is 101 Å². The van der Waals surface area contributed by atoms with E-state index in [2.05, 4.69) is 29.0 Å². The number of nitro groups is 1. The predicted molar refractivity (Wildman–Crippen MR) is 67.2 cm³/mol. The van der Waals surface area contributed by atoms with E-state index in [1.54, 1.807) is 12.1 Å². The second-order valence-electron chi connectivity index (χ2n) is 3.59. The molecular formula is C11H18N4O2. The summed E-state index contributed by atoms with van der Waals surface area (Å²) in [7, 11) is 0. The van der Waals surface area contributed by atoms with E-state index in [0.717, 1.165) is 19.6 Å². The van der Waals surface area contributed by atoms with E-state index in [1.807, 2.05) is 0 Å². The first-order chi connectivity index (χ1) is 8.19. The van der Waals surface area contributed by atoms with Crippen LogP contribution < -0.4 is 5.32 Å². The van der Waals surface area contributed by atoms with Gasteiger partial charge in [0.05, 0.1) is 0 Å². The highest BCUT2D eigenvalue weighted by atomic mass is 16.6. The van der Waals surface area contributed by atoms with Gasteiger partial charge in [0, 0.05) is 13.1 Å². The third-order valence-corrected chi connectivity index (χ3v) is 2.60. The number of likely N-dealkylation sites (N-methyl/N-ethyl adjacent to an activating group) is 1. The van der Waals surface area contributed by atoms with Crippen molar-refractivity contribution in [3.05, 3.63) is 28.4 Å². The first kappa shape index (κ1) is 13.4. The molecule has 1 heterocycles. The molecule has 1 aromatic rings. The van der Waals surface area contributed by atoms with Gasteiger partial charge in [0.25, 0.3) is 0 Å². The topological polar surface area (TPSA) is 71.3 Å². The number of anilines is 1. The van der Waals surface area contributed by atoms with Gasteiger partial charge in [-0.1, -0.05) is 13.8 Å². The molecule has 0 fully saturated rings. The summed E-state index contributed by atoms with van der Waals surface area (Å²) in [6.07, 6.45) is 1.42. The maximum absolute atomic E-state index is 10.7. The summed E-state index contributed by atoms with van der Waals surface area (Å²) < 4.78 is 0. The van der Waals surface area contributed by atoms with Crippen LogP contribution >= 0.6 is 0 Å². The Balaban J connectivity index is 2.54. The Kier molecular flexibility index (Phi) is 5.35. The molecule has 0 radical (unpaired) electrons. The Morgan fingerprint density at radius 1 is 1.47 bits per heavy atom. The zero-order valence-corrected chi connectivity index (χ0v) is 10.2. The van der Waals surface area contributed by atoms with Gasteiger partial charge >= 0.3 is 5.82 Å². The fourth-order valence-corrected chi connectivity index (χ4v) is 1.57. The third-order valence-electron chi connectivity index (χ3n) is 2.60. The molecule has 0 amide bonds. The summed E-state index contributed by atoms with van der Waals surface area (Å²) in [6.45, 7) is 7.68. The summed E-state index contributed by atoms with van der Waals surface area (Å²) in [5, 5.41) is 13.8. The molecule has 1 aromatic heterocycles. The van der Waals surface area contributed by atoms with Crippen LogP contribution in [0, 0.1) is 10.1 Å². The minimum absolute atomic E-state index is 0.118. The van der Waals surface area contributed by atoms with E-state index < -0.39 is 4.92 Å². The summed E-state index contributed by atoms with van der Waals surface area (Å²) in [5.41, 5.74) is 0.477. The number of aromatic nitrogens is 1. The normalized spacial score (nSPS) is 10.5. The molecule has 1 rings (SSSR count). The van der Waals surface area contributed by atoms with E-state index in [0.29, 0.717) is 12.2 Å². The van der Waals surface area contributed by atoms with Gasteiger partial charge in [0.2, 0.25) is 0 Å². The minimum atomic E-state index is -0.472. The lowest BCUT2D eigenvalue weighted by Crippen LogP contribution is -2.28. The molecule has 6 heteroatoms. The van der Waals surface area contributed by atoms with Crippen LogP contribution in [0.5, 0.6) is 0 Å². The number of nitrogens with zero attached hydrogens (tertiary/aromatic N) is 3. The van der Waals surface area contributed by atoms with Crippen LogP contribution in [-0.4, -0.2) is 41.0 Å². The number of hydrogen-bond donors (Lipinski definition) is 1. The quantitative estimate of drug-likeness (QED) is 0.578. The standard InChI is InChI=1S/C11H18N4O2/c1-3-14(4-2)9-8-12-10-6-5-7-13-11(10)15(16)17/h5-7,12H,3-4,8-9H2,1-2H3. The molecule has 6 nitrogen and oxygen atoms in total. The summed E-state index contributed by atoms with van der Waals surface area (Å²) in [5.74, 6) is -0.118. The van der Waals surface area contributed by atoms with Gasteiger partial charge in [-0.25, -0.2) is 0 Å². The van der Waals surface area contributed by atoms with E-state index in [-0.39, 0.29) is 5.82 Å². The van der Waals surface area contributed by atoms with Crippen LogP contribution in [0.4, 0.5) is 11.5 Å². The summed E-state index contributed by atoms with van der Waals surface area (Å²) in [4.78, 5) is 16.2. The van der Waals surface area contributed by atoms with E-state index in [4.69, 9.17) is 0 Å². The van der Waals surface area contributed by atoms with Crippen molar-refractivity contribution in [3.63, 3.8) is 0 Å². The average molecular weight is 238 g/mol. The van der Waals surface area contributed by atoms with Crippen molar-refractivity contribution in [2.45, 2.75) is 13.8 Å². The highest BCUT2D eigenvalue weighted by Gasteiger charge is 2.13. The van der Waals surface area contributed by atoms with Crippen LogP contribution in [0.2, 0.25) is 0 Å². The Hall–Kier alpha value is -1.69. The number of nitrogens with one attached hydrogen (secondary N) is 1. The molecule has 0 aliphatic heterocycles. The third kappa shape index (κ3) is 3.99. The number of hydrogen-bond acceptors (Lipinski definition) is 5. The van der Waals surface area contributed by atoms with E-state index >= 15 is 0 Å². The highest BCUT2D eigenvalue weighted by molar-refractivity contribution is 5.56. The minimum Gasteiger partial charge on any atom is -0.377 e. The Morgan fingerprint density at radius 2 is 2.18 bits per heavy atom. The van der Waals surface area contributed by atoms with Crippen LogP contribution in [0.15, 0.2) is 18.3 Å². The lowest BCUT2D eigenvalue weighted by molar-refractivity contribution is -0.388. The van der Waals surface area contributed by atoms with Crippen LogP contribution in [0.1, 0.15) is 13.8 Å². The largest absolute Gasteiger partial charge is 0.386 e. The Bertz CT molecular complexity index is 366. The van der Waals surface area contributed by atoms with Gasteiger partial charge in [0.15, 0.2) is 0 Å². The van der Waals surface area contributed by atoms with Crippen molar-refractivity contribution in [1.82, 2.24) is 9.88 Å². The second kappa shape index (κ2) is 6.80. The lowest BCUT2D eigenvalue weighted by atomic mass is 10.3. The van der Waals surface area contributed by atoms with Crippen LogP contribution in [-0.2, 0) is 0 Å². The maximum atomic E-state index is 10.7. The molecule has 1 N–H and O–H groups in total. The molecule has 0 aliphatic rings. The van der Waals surface area contributed by atoms with E-state index in [9.17, 15) is 10.1 Å². The van der Waals surface area contributed by atoms with Crippen molar-refractivity contribution < 1.29 is 4.92 Å². The lowest BCUT2D eigenvalue weighted by Gasteiger charge is -2.18.